The Bertz CT molecular complexity index is 830. The Hall–Kier alpha value is -2.30. The van der Waals surface area contributed by atoms with Crippen LogP contribution in [0, 0.1) is 5.92 Å². The Kier molecular flexibility index (Phi) is 2.97. The molecule has 0 aromatic carbocycles. The molecule has 0 spiro atoms. The first-order valence-electron chi connectivity index (χ1n) is 6.66. The van der Waals surface area contributed by atoms with E-state index in [4.69, 9.17) is 4.74 Å². The van der Waals surface area contributed by atoms with Gasteiger partial charge in [-0.05, 0) is 24.1 Å². The maximum Gasteiger partial charge on any atom is 0.275 e. The molecule has 20 heavy (non-hydrogen) atoms. The summed E-state index contributed by atoms with van der Waals surface area (Å²) in [4.78, 5) is 17.1. The minimum absolute atomic E-state index is 0.0168. The van der Waals surface area contributed by atoms with Crippen LogP contribution in [0.25, 0.3) is 16.7 Å². The van der Waals surface area contributed by atoms with Crippen molar-refractivity contribution in [3.05, 3.63) is 40.8 Å². The highest BCUT2D eigenvalue weighted by atomic mass is 16.5. The summed E-state index contributed by atoms with van der Waals surface area (Å²) in [6, 6.07) is 7.36. The molecule has 0 atom stereocenters. The van der Waals surface area contributed by atoms with Gasteiger partial charge in [-0.2, -0.15) is 4.98 Å². The van der Waals surface area contributed by atoms with Crippen LogP contribution in [0.4, 0.5) is 0 Å². The number of nitrogens with zero attached hydrogens (tertiary/aromatic N) is 3. The number of fused-ring (bicyclic) bond motifs is 3. The van der Waals surface area contributed by atoms with E-state index in [9.17, 15) is 4.79 Å². The molecule has 5 nitrogen and oxygen atoms in total. The molecule has 3 aromatic rings. The van der Waals surface area contributed by atoms with Crippen LogP contribution in [0.1, 0.15) is 13.8 Å². The SMILES string of the molecule is COc1ccc2c(n1)n1cccc1c(=O)n2CC(C)C. The second kappa shape index (κ2) is 4.67. The molecule has 0 saturated heterocycles. The lowest BCUT2D eigenvalue weighted by Gasteiger charge is -2.14. The molecule has 0 fully saturated rings. The molecule has 0 aliphatic carbocycles. The molecular weight excluding hydrogens is 254 g/mol. The van der Waals surface area contributed by atoms with Crippen LogP contribution < -0.4 is 10.3 Å². The van der Waals surface area contributed by atoms with Crippen LogP contribution in [-0.2, 0) is 6.54 Å². The summed E-state index contributed by atoms with van der Waals surface area (Å²) >= 11 is 0. The number of ether oxygens (including phenoxy) is 1. The molecule has 0 aliphatic rings. The first-order valence-corrected chi connectivity index (χ1v) is 6.66. The lowest BCUT2D eigenvalue weighted by Crippen LogP contribution is -2.25. The Morgan fingerprint density at radius 3 is 2.75 bits per heavy atom. The van der Waals surface area contributed by atoms with Gasteiger partial charge in [0.1, 0.15) is 5.52 Å². The Morgan fingerprint density at radius 2 is 2.05 bits per heavy atom. The molecule has 0 aliphatic heterocycles. The Labute approximate surface area is 116 Å². The highest BCUT2D eigenvalue weighted by Crippen LogP contribution is 2.18. The predicted molar refractivity (Wildman–Crippen MR) is 78.3 cm³/mol. The first-order chi connectivity index (χ1) is 9.61. The fourth-order valence-corrected chi connectivity index (χ4v) is 2.46. The fraction of sp³-hybridized carbons (Fsp3) is 0.333. The topological polar surface area (TPSA) is 48.5 Å². The summed E-state index contributed by atoms with van der Waals surface area (Å²) in [6.07, 6.45) is 1.85. The zero-order valence-electron chi connectivity index (χ0n) is 11.8. The van der Waals surface area contributed by atoms with Crippen molar-refractivity contribution in [2.75, 3.05) is 7.11 Å². The van der Waals surface area contributed by atoms with Crippen molar-refractivity contribution in [1.29, 1.82) is 0 Å². The molecule has 0 bridgehead atoms. The van der Waals surface area contributed by atoms with Crippen LogP contribution in [-0.4, -0.2) is 21.1 Å². The van der Waals surface area contributed by atoms with Crippen LogP contribution in [0.5, 0.6) is 5.88 Å². The van der Waals surface area contributed by atoms with Gasteiger partial charge in [0.2, 0.25) is 5.88 Å². The van der Waals surface area contributed by atoms with Crippen LogP contribution in [0.15, 0.2) is 35.3 Å². The molecule has 3 aromatic heterocycles. The van der Waals surface area contributed by atoms with E-state index in [-0.39, 0.29) is 5.56 Å². The van der Waals surface area contributed by atoms with Gasteiger partial charge in [0.15, 0.2) is 5.65 Å². The summed E-state index contributed by atoms with van der Waals surface area (Å²) in [5.41, 5.74) is 2.22. The second-order valence-electron chi connectivity index (χ2n) is 5.27. The number of methoxy groups -OCH3 is 1. The maximum absolute atomic E-state index is 12.6. The van der Waals surface area contributed by atoms with Crippen molar-refractivity contribution in [3.8, 4) is 5.88 Å². The molecule has 0 amide bonds. The van der Waals surface area contributed by atoms with E-state index >= 15 is 0 Å². The molecule has 0 radical (unpaired) electrons. The minimum Gasteiger partial charge on any atom is -0.481 e. The van der Waals surface area contributed by atoms with Gasteiger partial charge in [0.05, 0.1) is 12.6 Å². The van der Waals surface area contributed by atoms with E-state index in [1.54, 1.807) is 17.7 Å². The summed E-state index contributed by atoms with van der Waals surface area (Å²) < 4.78 is 8.80. The third-order valence-corrected chi connectivity index (χ3v) is 3.32. The molecule has 3 heterocycles. The van der Waals surface area contributed by atoms with Crippen molar-refractivity contribution in [2.24, 2.45) is 5.92 Å². The van der Waals surface area contributed by atoms with Crippen LogP contribution in [0.2, 0.25) is 0 Å². The number of pyridine rings is 1. The van der Waals surface area contributed by atoms with Crippen LogP contribution >= 0.6 is 0 Å². The van der Waals surface area contributed by atoms with Gasteiger partial charge in [-0.3, -0.25) is 9.20 Å². The van der Waals surface area contributed by atoms with Crippen LogP contribution in [0.3, 0.4) is 0 Å². The third-order valence-electron chi connectivity index (χ3n) is 3.32. The lowest BCUT2D eigenvalue weighted by molar-refractivity contribution is 0.399. The summed E-state index contributed by atoms with van der Waals surface area (Å²) in [7, 11) is 1.59. The van der Waals surface area contributed by atoms with Crippen molar-refractivity contribution < 1.29 is 4.74 Å². The molecule has 5 heteroatoms. The zero-order valence-corrected chi connectivity index (χ0v) is 11.8. The van der Waals surface area contributed by atoms with Crippen molar-refractivity contribution in [3.63, 3.8) is 0 Å². The van der Waals surface area contributed by atoms with E-state index < -0.39 is 0 Å². The van der Waals surface area contributed by atoms with Crippen molar-refractivity contribution >= 4 is 16.7 Å². The van der Waals surface area contributed by atoms with Crippen molar-refractivity contribution in [2.45, 2.75) is 20.4 Å². The van der Waals surface area contributed by atoms with Gasteiger partial charge in [-0.25, -0.2) is 0 Å². The zero-order chi connectivity index (χ0) is 14.3. The summed E-state index contributed by atoms with van der Waals surface area (Å²) in [6.45, 7) is 4.86. The number of hydrogen-bond acceptors (Lipinski definition) is 3. The number of aromatic nitrogens is 3. The normalized spacial score (nSPS) is 11.6. The molecule has 3 rings (SSSR count). The third kappa shape index (κ3) is 1.86. The van der Waals surface area contributed by atoms with E-state index in [2.05, 4.69) is 18.8 Å². The molecule has 0 N–H and O–H groups in total. The fourth-order valence-electron chi connectivity index (χ4n) is 2.46. The van der Waals surface area contributed by atoms with Gasteiger partial charge in [0.25, 0.3) is 5.56 Å². The highest BCUT2D eigenvalue weighted by molar-refractivity contribution is 5.75. The molecular formula is C15H17N3O2. The first kappa shape index (κ1) is 12.7. The van der Waals surface area contributed by atoms with E-state index in [0.29, 0.717) is 23.9 Å². The smallest absolute Gasteiger partial charge is 0.275 e. The van der Waals surface area contributed by atoms with E-state index in [1.165, 1.54) is 0 Å². The number of rotatable bonds is 3. The Morgan fingerprint density at radius 1 is 1.25 bits per heavy atom. The van der Waals surface area contributed by atoms with Crippen molar-refractivity contribution in [1.82, 2.24) is 14.0 Å². The summed E-state index contributed by atoms with van der Waals surface area (Å²) in [5, 5.41) is 0. The minimum atomic E-state index is 0.0168. The maximum atomic E-state index is 12.6. The average molecular weight is 271 g/mol. The number of hydrogen-bond donors (Lipinski definition) is 0. The van der Waals surface area contributed by atoms with Gasteiger partial charge in [0, 0.05) is 18.8 Å². The predicted octanol–water partition coefficient (Wildman–Crippen LogP) is 2.31. The van der Waals surface area contributed by atoms with Gasteiger partial charge < -0.3 is 9.30 Å². The summed E-state index contributed by atoms with van der Waals surface area (Å²) in [5.74, 6) is 0.928. The lowest BCUT2D eigenvalue weighted by atomic mass is 10.2. The highest BCUT2D eigenvalue weighted by Gasteiger charge is 2.13. The largest absolute Gasteiger partial charge is 0.481 e. The van der Waals surface area contributed by atoms with Gasteiger partial charge in [-0.1, -0.05) is 13.8 Å². The van der Waals surface area contributed by atoms with Gasteiger partial charge in [-0.15, -0.1) is 0 Å². The second-order valence-corrected chi connectivity index (χ2v) is 5.27. The monoisotopic (exact) mass is 271 g/mol. The molecule has 104 valence electrons. The Balaban J connectivity index is 2.45. The van der Waals surface area contributed by atoms with E-state index in [0.717, 1.165) is 11.2 Å². The quantitative estimate of drug-likeness (QED) is 0.734. The average Bonchev–Trinajstić information content (AvgIpc) is 2.92. The van der Waals surface area contributed by atoms with E-state index in [1.807, 2.05) is 28.8 Å². The standard InChI is InChI=1S/C15H17N3O2/c1-10(2)9-18-11-6-7-13(20-3)16-14(11)17-8-4-5-12(17)15(18)19/h4-8,10H,9H2,1-3H3. The van der Waals surface area contributed by atoms with Gasteiger partial charge >= 0.3 is 0 Å². The molecule has 0 unspecified atom stereocenters. The molecule has 0 saturated carbocycles.